The molecule has 2 aromatic heterocycles. The minimum atomic E-state index is -0.378. The van der Waals surface area contributed by atoms with Gasteiger partial charge in [0.15, 0.2) is 5.82 Å². The number of Topliss-reactive ketones (excluding diaryl/α,β-unsaturated/α-hetero) is 1. The number of rotatable bonds is 8. The number of hydrogen-bond acceptors (Lipinski definition) is 7. The summed E-state index contributed by atoms with van der Waals surface area (Å²) in [5, 5.41) is 10.7. The highest BCUT2D eigenvalue weighted by Gasteiger charge is 2.32. The minimum Gasteiger partial charge on any atom is -0.304 e. The lowest BCUT2D eigenvalue weighted by molar-refractivity contribution is -0.119. The Bertz CT molecular complexity index is 1300. The van der Waals surface area contributed by atoms with Crippen LogP contribution in [-0.4, -0.2) is 75.8 Å². The van der Waals surface area contributed by atoms with Crippen LogP contribution < -0.4 is 0 Å². The first-order valence-corrected chi connectivity index (χ1v) is 14.3. The number of thiophene rings is 1. The first-order chi connectivity index (χ1) is 17.8. The van der Waals surface area contributed by atoms with Crippen LogP contribution in [0.3, 0.4) is 0 Å². The topological polar surface area (TPSA) is 66.6 Å². The van der Waals surface area contributed by atoms with E-state index in [1.54, 1.807) is 11.3 Å². The van der Waals surface area contributed by atoms with Gasteiger partial charge < -0.3 is 9.80 Å². The fraction of sp³-hybridized carbons (Fsp3) is 0.500. The predicted molar refractivity (Wildman–Crippen MR) is 151 cm³/mol. The fourth-order valence-corrected chi connectivity index (χ4v) is 6.52. The smallest absolute Gasteiger partial charge is 0.163 e. The van der Waals surface area contributed by atoms with Gasteiger partial charge in [-0.15, -0.1) is 21.5 Å². The molecule has 0 radical (unpaired) electrons. The number of aryl methyl sites for hydroxylation is 2. The van der Waals surface area contributed by atoms with Crippen LogP contribution in [0, 0.1) is 20.8 Å². The van der Waals surface area contributed by atoms with Gasteiger partial charge in [-0.3, -0.25) is 14.4 Å². The van der Waals surface area contributed by atoms with Crippen LogP contribution in [0.4, 0.5) is 0 Å². The van der Waals surface area contributed by atoms with Crippen molar-refractivity contribution in [2.24, 2.45) is 4.99 Å². The van der Waals surface area contributed by atoms with Crippen LogP contribution in [0.5, 0.6) is 0 Å². The molecule has 1 fully saturated rings. The number of carbonyl (C=O) groups is 1. The second kappa shape index (κ2) is 11.2. The van der Waals surface area contributed by atoms with Crippen molar-refractivity contribution < 1.29 is 4.79 Å². The number of nitrogens with zero attached hydrogens (tertiary/aromatic N) is 6. The molecule has 0 amide bonds. The zero-order valence-electron chi connectivity index (χ0n) is 22.1. The van der Waals surface area contributed by atoms with E-state index in [2.05, 4.69) is 45.5 Å². The highest BCUT2D eigenvalue weighted by molar-refractivity contribution is 7.15. The van der Waals surface area contributed by atoms with Gasteiger partial charge in [0.2, 0.25) is 0 Å². The molecule has 0 unspecified atom stereocenters. The van der Waals surface area contributed by atoms with E-state index in [0.29, 0.717) is 17.9 Å². The lowest BCUT2D eigenvalue weighted by atomic mass is 9.99. The van der Waals surface area contributed by atoms with Gasteiger partial charge in [0, 0.05) is 60.0 Å². The molecule has 196 valence electrons. The molecule has 3 aromatic rings. The zero-order chi connectivity index (χ0) is 26.1. The molecule has 4 heterocycles. The van der Waals surface area contributed by atoms with E-state index >= 15 is 0 Å². The number of likely N-dealkylation sites (N-methyl/N-ethyl adjacent to an activating group) is 1. The molecule has 1 atom stereocenters. The Balaban J connectivity index is 1.37. The molecule has 0 aliphatic carbocycles. The van der Waals surface area contributed by atoms with E-state index in [0.717, 1.165) is 79.1 Å². The molecule has 0 spiro atoms. The van der Waals surface area contributed by atoms with E-state index in [1.165, 1.54) is 10.4 Å². The summed E-state index contributed by atoms with van der Waals surface area (Å²) in [6.45, 7) is 11.8. The molecule has 7 nitrogen and oxygen atoms in total. The monoisotopic (exact) mass is 538 g/mol. The maximum atomic E-state index is 13.2. The fourth-order valence-electron chi connectivity index (χ4n) is 5.18. The molecule has 1 saturated heterocycles. The van der Waals surface area contributed by atoms with E-state index in [9.17, 15) is 4.79 Å². The number of hydrogen-bond donors (Lipinski definition) is 0. The van der Waals surface area contributed by atoms with Gasteiger partial charge >= 0.3 is 0 Å². The highest BCUT2D eigenvalue weighted by atomic mass is 35.5. The summed E-state index contributed by atoms with van der Waals surface area (Å²) in [6.07, 6.45) is 2.85. The Morgan fingerprint density at radius 3 is 2.51 bits per heavy atom. The zero-order valence-corrected chi connectivity index (χ0v) is 23.7. The molecule has 1 aromatic carbocycles. The Hall–Kier alpha value is -2.39. The molecular weight excluding hydrogens is 504 g/mol. The molecule has 9 heteroatoms. The van der Waals surface area contributed by atoms with Crippen LogP contribution in [0.25, 0.3) is 5.00 Å². The van der Waals surface area contributed by atoms with Crippen molar-refractivity contribution in [3.05, 3.63) is 62.5 Å². The molecule has 2 aliphatic heterocycles. The summed E-state index contributed by atoms with van der Waals surface area (Å²) < 4.78 is 2.11. The van der Waals surface area contributed by atoms with Gasteiger partial charge in [-0.1, -0.05) is 23.7 Å². The number of fused-ring (bicyclic) bond motifs is 3. The van der Waals surface area contributed by atoms with E-state index in [-0.39, 0.29) is 11.8 Å². The summed E-state index contributed by atoms with van der Waals surface area (Å²) in [4.78, 5) is 24.5. The number of carbonyl (C=O) groups excluding carboxylic acids is 1. The van der Waals surface area contributed by atoms with Crippen molar-refractivity contribution in [2.75, 3.05) is 39.8 Å². The third-order valence-electron chi connectivity index (χ3n) is 7.55. The van der Waals surface area contributed by atoms with Crippen LogP contribution >= 0.6 is 22.9 Å². The lowest BCUT2D eigenvalue weighted by Crippen LogP contribution is -2.44. The number of halogens is 1. The number of ketones is 1. The van der Waals surface area contributed by atoms with Crippen molar-refractivity contribution in [1.29, 1.82) is 0 Å². The predicted octanol–water partition coefficient (Wildman–Crippen LogP) is 5.18. The van der Waals surface area contributed by atoms with E-state index in [1.807, 2.05) is 31.2 Å². The number of benzene rings is 1. The second-order valence-corrected chi connectivity index (χ2v) is 11.9. The van der Waals surface area contributed by atoms with Crippen molar-refractivity contribution in [2.45, 2.75) is 52.5 Å². The quantitative estimate of drug-likeness (QED) is 0.370. The summed E-state index contributed by atoms with van der Waals surface area (Å²) in [5.74, 6) is 1.79. The SMILES string of the molecule is Cc1sc2c(c1C)C(c1ccc(Cl)cc1)=N[C@@H](CC(=O)CCCCN1CCN(C)CC1)c1nnc(C)n1-2. The van der Waals surface area contributed by atoms with E-state index < -0.39 is 0 Å². The van der Waals surface area contributed by atoms with Gasteiger partial charge in [0.25, 0.3) is 0 Å². The maximum Gasteiger partial charge on any atom is 0.163 e. The van der Waals surface area contributed by atoms with E-state index in [4.69, 9.17) is 16.6 Å². The van der Waals surface area contributed by atoms with Crippen molar-refractivity contribution in [3.63, 3.8) is 0 Å². The molecule has 37 heavy (non-hydrogen) atoms. The third kappa shape index (κ3) is 5.58. The molecule has 2 aliphatic rings. The molecule has 0 bridgehead atoms. The maximum absolute atomic E-state index is 13.2. The molecule has 0 saturated carbocycles. The first-order valence-electron chi connectivity index (χ1n) is 13.1. The highest BCUT2D eigenvalue weighted by Crippen LogP contribution is 2.39. The van der Waals surface area contributed by atoms with Gasteiger partial charge in [-0.05, 0) is 64.9 Å². The second-order valence-electron chi connectivity index (χ2n) is 10.2. The number of piperazine rings is 1. The Morgan fingerprint density at radius 1 is 1.05 bits per heavy atom. The first kappa shape index (κ1) is 26.2. The minimum absolute atomic E-state index is 0.230. The van der Waals surface area contributed by atoms with Crippen molar-refractivity contribution in [1.82, 2.24) is 24.6 Å². The molecular formula is C28H35ClN6OS. The van der Waals surface area contributed by atoms with Gasteiger partial charge in [-0.2, -0.15) is 0 Å². The Morgan fingerprint density at radius 2 is 1.78 bits per heavy atom. The lowest BCUT2D eigenvalue weighted by Gasteiger charge is -2.32. The van der Waals surface area contributed by atoms with Crippen LogP contribution in [0.2, 0.25) is 5.02 Å². The average molecular weight is 539 g/mol. The number of unbranched alkanes of at least 4 members (excludes halogenated alkanes) is 1. The van der Waals surface area contributed by atoms with Crippen LogP contribution in [0.1, 0.15) is 64.9 Å². The number of aromatic nitrogens is 3. The van der Waals surface area contributed by atoms with Gasteiger partial charge in [-0.25, -0.2) is 0 Å². The van der Waals surface area contributed by atoms with Crippen molar-refractivity contribution >= 4 is 34.4 Å². The van der Waals surface area contributed by atoms with Crippen LogP contribution in [-0.2, 0) is 4.79 Å². The van der Waals surface area contributed by atoms with Crippen molar-refractivity contribution in [3.8, 4) is 5.00 Å². The molecule has 0 N–H and O–H groups in total. The Kier molecular flexibility index (Phi) is 7.91. The van der Waals surface area contributed by atoms with Gasteiger partial charge in [0.1, 0.15) is 22.7 Å². The normalized spacial score (nSPS) is 18.3. The summed E-state index contributed by atoms with van der Waals surface area (Å²) in [7, 11) is 2.17. The summed E-state index contributed by atoms with van der Waals surface area (Å²) >= 11 is 7.93. The Labute approximate surface area is 228 Å². The largest absolute Gasteiger partial charge is 0.304 e. The summed E-state index contributed by atoms with van der Waals surface area (Å²) in [5.41, 5.74) is 4.18. The average Bonchev–Trinajstić information content (AvgIpc) is 3.35. The van der Waals surface area contributed by atoms with Crippen LogP contribution in [0.15, 0.2) is 29.3 Å². The standard InChI is InChI=1S/C28H35ClN6OS/c1-18-19(2)37-28-25(18)26(21-8-10-22(29)11-9-21)30-24(27-32-31-20(3)35(27)28)17-23(36)7-5-6-12-34-15-13-33(4)14-16-34/h8-11,24H,5-7,12-17H2,1-4H3/t24-/m0/s1. The number of aliphatic imine (C=N–C) groups is 1. The third-order valence-corrected chi connectivity index (χ3v) is 9.00. The molecule has 5 rings (SSSR count). The van der Waals surface area contributed by atoms with Gasteiger partial charge in [0.05, 0.1) is 5.71 Å². The summed E-state index contributed by atoms with van der Waals surface area (Å²) in [6, 6.07) is 7.42.